The number of hydrogen-bond acceptors (Lipinski definition) is 4. The van der Waals surface area contributed by atoms with Crippen molar-refractivity contribution in [3.8, 4) is 11.5 Å². The summed E-state index contributed by atoms with van der Waals surface area (Å²) in [4.78, 5) is 25.9. The molecule has 1 N–H and O–H groups in total. The molecule has 0 aromatic heterocycles. The lowest BCUT2D eigenvalue weighted by Crippen LogP contribution is -2.42. The van der Waals surface area contributed by atoms with Crippen LogP contribution in [-0.2, 0) is 9.59 Å². The number of likely N-dealkylation sites (N-methyl/N-ethyl adjacent to an activating group) is 1. The average molecular weight is 429 g/mol. The first-order chi connectivity index (χ1) is 13.2. The summed E-state index contributed by atoms with van der Waals surface area (Å²) in [6.45, 7) is 1.29. The van der Waals surface area contributed by atoms with Crippen molar-refractivity contribution in [3.05, 3.63) is 52.3 Å². The van der Waals surface area contributed by atoms with E-state index in [0.29, 0.717) is 16.5 Å². The Morgan fingerprint density at radius 1 is 1.18 bits per heavy atom. The number of hydrogen-bond donors (Lipinski definition) is 1. The summed E-state index contributed by atoms with van der Waals surface area (Å²) in [6.07, 6.45) is -0.929. The van der Waals surface area contributed by atoms with Crippen LogP contribution in [0, 0.1) is 5.82 Å². The summed E-state index contributed by atoms with van der Waals surface area (Å²) >= 11 is 11.8. The molecule has 9 heteroatoms. The summed E-state index contributed by atoms with van der Waals surface area (Å²) < 4.78 is 23.7. The van der Waals surface area contributed by atoms with Crippen molar-refractivity contribution < 1.29 is 23.5 Å². The second-order valence-electron chi connectivity index (χ2n) is 5.92. The molecular formula is C19H19Cl2FN2O4. The zero-order valence-electron chi connectivity index (χ0n) is 15.5. The summed E-state index contributed by atoms with van der Waals surface area (Å²) in [7, 11) is 2.93. The number of methoxy groups -OCH3 is 1. The lowest BCUT2D eigenvalue weighted by atomic mass is 10.2. The lowest BCUT2D eigenvalue weighted by molar-refractivity contribution is -0.139. The van der Waals surface area contributed by atoms with E-state index in [1.165, 1.54) is 38.1 Å². The van der Waals surface area contributed by atoms with Gasteiger partial charge in [0.25, 0.3) is 5.91 Å². The van der Waals surface area contributed by atoms with Crippen LogP contribution in [0.5, 0.6) is 11.5 Å². The van der Waals surface area contributed by atoms with Gasteiger partial charge >= 0.3 is 0 Å². The fraction of sp³-hybridized carbons (Fsp3) is 0.263. The number of carbonyl (C=O) groups excluding carboxylic acids is 2. The van der Waals surface area contributed by atoms with Gasteiger partial charge in [0, 0.05) is 12.1 Å². The average Bonchev–Trinajstić information content (AvgIpc) is 2.63. The number of anilines is 1. The van der Waals surface area contributed by atoms with Crippen LogP contribution >= 0.6 is 23.2 Å². The number of carbonyl (C=O) groups is 2. The molecule has 0 aliphatic rings. The van der Waals surface area contributed by atoms with Crippen molar-refractivity contribution in [2.75, 3.05) is 26.0 Å². The maximum Gasteiger partial charge on any atom is 0.263 e. The Morgan fingerprint density at radius 3 is 2.50 bits per heavy atom. The molecule has 0 bridgehead atoms. The minimum absolute atomic E-state index is 0.0492. The molecule has 1 unspecified atom stereocenters. The van der Waals surface area contributed by atoms with E-state index in [9.17, 15) is 14.0 Å². The molecule has 0 fully saturated rings. The molecule has 28 heavy (non-hydrogen) atoms. The van der Waals surface area contributed by atoms with Crippen molar-refractivity contribution in [2.24, 2.45) is 0 Å². The first-order valence-electron chi connectivity index (χ1n) is 8.21. The van der Waals surface area contributed by atoms with Crippen LogP contribution in [0.15, 0.2) is 36.4 Å². The van der Waals surface area contributed by atoms with E-state index >= 15 is 0 Å². The molecule has 0 aliphatic heterocycles. The molecule has 0 saturated heterocycles. The van der Waals surface area contributed by atoms with Gasteiger partial charge < -0.3 is 19.7 Å². The number of benzene rings is 2. The fourth-order valence-corrected chi connectivity index (χ4v) is 2.77. The fourth-order valence-electron chi connectivity index (χ4n) is 2.38. The predicted octanol–water partition coefficient (Wildman–Crippen LogP) is 4.01. The number of halogens is 3. The van der Waals surface area contributed by atoms with Gasteiger partial charge in [-0.3, -0.25) is 9.59 Å². The second kappa shape index (κ2) is 9.61. The normalized spacial score (nSPS) is 11.5. The summed E-state index contributed by atoms with van der Waals surface area (Å²) in [5.41, 5.74) is 0.392. The van der Waals surface area contributed by atoms with Gasteiger partial charge in [0.05, 0.1) is 24.4 Å². The Balaban J connectivity index is 1.97. The molecule has 0 radical (unpaired) electrons. The van der Waals surface area contributed by atoms with Crippen LogP contribution in [0.25, 0.3) is 0 Å². The van der Waals surface area contributed by atoms with E-state index < -0.39 is 23.7 Å². The maximum atomic E-state index is 13.1. The number of nitrogens with zero attached hydrogens (tertiary/aromatic N) is 1. The van der Waals surface area contributed by atoms with Crippen LogP contribution in [0.4, 0.5) is 10.1 Å². The van der Waals surface area contributed by atoms with E-state index in [2.05, 4.69) is 5.32 Å². The number of amides is 2. The molecule has 0 spiro atoms. The highest BCUT2D eigenvalue weighted by Crippen LogP contribution is 2.28. The van der Waals surface area contributed by atoms with Crippen LogP contribution in [0.2, 0.25) is 10.0 Å². The molecule has 0 saturated carbocycles. The lowest BCUT2D eigenvalue weighted by Gasteiger charge is -2.22. The van der Waals surface area contributed by atoms with Gasteiger partial charge in [0.15, 0.2) is 6.10 Å². The molecule has 150 valence electrons. The number of nitrogens with one attached hydrogen (secondary N) is 1. The smallest absolute Gasteiger partial charge is 0.263 e. The van der Waals surface area contributed by atoms with Gasteiger partial charge in [0.2, 0.25) is 5.91 Å². The number of ether oxygens (including phenoxy) is 2. The quantitative estimate of drug-likeness (QED) is 0.723. The zero-order chi connectivity index (χ0) is 20.8. The van der Waals surface area contributed by atoms with Gasteiger partial charge in [-0.2, -0.15) is 0 Å². The molecular weight excluding hydrogens is 410 g/mol. The van der Waals surface area contributed by atoms with Crippen molar-refractivity contribution >= 4 is 40.7 Å². The highest BCUT2D eigenvalue weighted by Gasteiger charge is 2.22. The van der Waals surface area contributed by atoms with Crippen LogP contribution in [0.1, 0.15) is 6.92 Å². The minimum Gasteiger partial charge on any atom is -0.495 e. The van der Waals surface area contributed by atoms with Gasteiger partial charge in [-0.1, -0.05) is 23.2 Å². The van der Waals surface area contributed by atoms with Gasteiger partial charge in [-0.15, -0.1) is 0 Å². The van der Waals surface area contributed by atoms with E-state index in [0.717, 1.165) is 6.07 Å². The molecule has 1 atom stereocenters. The predicted molar refractivity (Wildman–Crippen MR) is 106 cm³/mol. The largest absolute Gasteiger partial charge is 0.495 e. The number of rotatable bonds is 7. The molecule has 0 heterocycles. The standard InChI is InChI=1S/C19H19Cl2FN2O4/c1-11(28-16-7-5-13(22)9-14(16)21)19(26)24(2)10-18(25)23-15-8-12(20)4-6-17(15)27-3/h4-9,11H,10H2,1-3H3,(H,23,25). The third kappa shape index (κ3) is 5.74. The molecule has 6 nitrogen and oxygen atoms in total. The van der Waals surface area contributed by atoms with Crippen LogP contribution in [0.3, 0.4) is 0 Å². The van der Waals surface area contributed by atoms with Crippen molar-refractivity contribution in [1.29, 1.82) is 0 Å². The Kier molecular flexibility index (Phi) is 7.48. The maximum absolute atomic E-state index is 13.1. The van der Waals surface area contributed by atoms with E-state index in [1.54, 1.807) is 18.2 Å². The molecule has 2 aromatic carbocycles. The molecule has 2 rings (SSSR count). The summed E-state index contributed by atoms with van der Waals surface area (Å²) in [5.74, 6) is -0.793. The highest BCUT2D eigenvalue weighted by atomic mass is 35.5. The SMILES string of the molecule is COc1ccc(Cl)cc1NC(=O)CN(C)C(=O)C(C)Oc1ccc(F)cc1Cl. The summed E-state index contributed by atoms with van der Waals surface area (Å²) in [5, 5.41) is 3.12. The van der Waals surface area contributed by atoms with Crippen molar-refractivity contribution in [3.63, 3.8) is 0 Å². The second-order valence-corrected chi connectivity index (χ2v) is 6.77. The zero-order valence-corrected chi connectivity index (χ0v) is 17.0. The Labute approximate surface area is 172 Å². The summed E-state index contributed by atoms with van der Waals surface area (Å²) in [6, 6.07) is 8.39. The van der Waals surface area contributed by atoms with Gasteiger partial charge in [0.1, 0.15) is 17.3 Å². The topological polar surface area (TPSA) is 67.9 Å². The molecule has 2 amide bonds. The van der Waals surface area contributed by atoms with Crippen LogP contribution in [-0.4, -0.2) is 43.5 Å². The van der Waals surface area contributed by atoms with Gasteiger partial charge in [-0.25, -0.2) is 4.39 Å². The van der Waals surface area contributed by atoms with Crippen molar-refractivity contribution in [1.82, 2.24) is 4.90 Å². The Morgan fingerprint density at radius 2 is 1.86 bits per heavy atom. The van der Waals surface area contributed by atoms with Gasteiger partial charge in [-0.05, 0) is 43.3 Å². The molecule has 0 aliphatic carbocycles. The monoisotopic (exact) mass is 428 g/mol. The van der Waals surface area contributed by atoms with E-state index in [-0.39, 0.29) is 17.3 Å². The third-order valence-corrected chi connectivity index (χ3v) is 4.27. The minimum atomic E-state index is -0.929. The Hall–Kier alpha value is -2.51. The first-order valence-corrected chi connectivity index (χ1v) is 8.97. The van der Waals surface area contributed by atoms with Crippen LogP contribution < -0.4 is 14.8 Å². The van der Waals surface area contributed by atoms with Crippen molar-refractivity contribution in [2.45, 2.75) is 13.0 Å². The molecule has 2 aromatic rings. The first kappa shape index (κ1) is 21.8. The highest BCUT2D eigenvalue weighted by molar-refractivity contribution is 6.32. The Bertz CT molecular complexity index is 879. The third-order valence-electron chi connectivity index (χ3n) is 3.74. The van der Waals surface area contributed by atoms with E-state index in [4.69, 9.17) is 32.7 Å². The van der Waals surface area contributed by atoms with E-state index in [1.807, 2.05) is 0 Å².